The summed E-state index contributed by atoms with van der Waals surface area (Å²) in [4.78, 5) is 19.9. The minimum Gasteiger partial charge on any atom is -0.481 e. The van der Waals surface area contributed by atoms with Gasteiger partial charge in [-0.15, -0.1) is 0 Å². The Balaban J connectivity index is 2.09. The fourth-order valence-electron chi connectivity index (χ4n) is 2.52. The molecule has 0 radical (unpaired) electrons. The smallest absolute Gasteiger partial charge is 0.308 e. The van der Waals surface area contributed by atoms with Gasteiger partial charge in [0.05, 0.1) is 31.0 Å². The van der Waals surface area contributed by atoms with Crippen LogP contribution in [0.2, 0.25) is 0 Å². The van der Waals surface area contributed by atoms with E-state index in [-0.39, 0.29) is 6.04 Å². The average molecular weight is 307 g/mol. The summed E-state index contributed by atoms with van der Waals surface area (Å²) in [6, 6.07) is 4.24. The number of carbonyl (C=O) groups is 1. The number of rotatable bonds is 6. The van der Waals surface area contributed by atoms with Crippen molar-refractivity contribution in [2.75, 3.05) is 42.6 Å². The molecule has 0 amide bonds. The first-order chi connectivity index (χ1) is 10.5. The molecule has 1 N–H and O–H groups in total. The molecule has 0 saturated carbocycles. The maximum atomic E-state index is 11.1. The SMILES string of the molecule is CC(CN(c1ccc(N2CCOCC2)nc1)C(C)C)C(=O)O. The third-order valence-electron chi connectivity index (χ3n) is 3.91. The Kier molecular flexibility index (Phi) is 5.60. The van der Waals surface area contributed by atoms with Gasteiger partial charge in [0.15, 0.2) is 0 Å². The van der Waals surface area contributed by atoms with Crippen LogP contribution in [0, 0.1) is 5.92 Å². The molecule has 1 atom stereocenters. The highest BCUT2D eigenvalue weighted by molar-refractivity contribution is 5.70. The molecule has 2 heterocycles. The Morgan fingerprint density at radius 1 is 1.36 bits per heavy atom. The second-order valence-corrected chi connectivity index (χ2v) is 5.96. The van der Waals surface area contributed by atoms with Gasteiger partial charge in [-0.25, -0.2) is 4.98 Å². The maximum Gasteiger partial charge on any atom is 0.308 e. The zero-order chi connectivity index (χ0) is 16.1. The number of aromatic nitrogens is 1. The van der Waals surface area contributed by atoms with Crippen LogP contribution >= 0.6 is 0 Å². The molecule has 0 bridgehead atoms. The molecule has 1 aliphatic heterocycles. The van der Waals surface area contributed by atoms with E-state index in [9.17, 15) is 4.79 Å². The molecule has 1 aliphatic rings. The second-order valence-electron chi connectivity index (χ2n) is 5.96. The van der Waals surface area contributed by atoms with Crippen LogP contribution in [0.15, 0.2) is 18.3 Å². The first-order valence-corrected chi connectivity index (χ1v) is 7.77. The molecule has 1 aromatic rings. The summed E-state index contributed by atoms with van der Waals surface area (Å²) in [6.45, 7) is 9.51. The fraction of sp³-hybridized carbons (Fsp3) is 0.625. The highest BCUT2D eigenvalue weighted by atomic mass is 16.5. The predicted molar refractivity (Wildman–Crippen MR) is 86.6 cm³/mol. The first-order valence-electron chi connectivity index (χ1n) is 7.77. The largest absolute Gasteiger partial charge is 0.481 e. The number of ether oxygens (including phenoxy) is 1. The van der Waals surface area contributed by atoms with E-state index in [0.717, 1.165) is 37.8 Å². The molecule has 6 heteroatoms. The van der Waals surface area contributed by atoms with E-state index in [4.69, 9.17) is 9.84 Å². The van der Waals surface area contributed by atoms with E-state index in [0.29, 0.717) is 6.54 Å². The van der Waals surface area contributed by atoms with E-state index in [1.54, 1.807) is 6.92 Å². The van der Waals surface area contributed by atoms with Gasteiger partial charge < -0.3 is 19.6 Å². The van der Waals surface area contributed by atoms with Gasteiger partial charge in [0.25, 0.3) is 0 Å². The van der Waals surface area contributed by atoms with Gasteiger partial charge >= 0.3 is 5.97 Å². The molecule has 22 heavy (non-hydrogen) atoms. The molecule has 1 saturated heterocycles. The second kappa shape index (κ2) is 7.45. The number of nitrogens with zero attached hydrogens (tertiary/aromatic N) is 3. The molecule has 0 aliphatic carbocycles. The monoisotopic (exact) mass is 307 g/mol. The van der Waals surface area contributed by atoms with Gasteiger partial charge in [-0.05, 0) is 26.0 Å². The molecule has 0 spiro atoms. The predicted octanol–water partition coefficient (Wildman–Crippen LogP) is 1.85. The Morgan fingerprint density at radius 3 is 2.55 bits per heavy atom. The molecule has 6 nitrogen and oxygen atoms in total. The average Bonchev–Trinajstić information content (AvgIpc) is 2.53. The molecule has 0 aromatic carbocycles. The van der Waals surface area contributed by atoms with Crippen molar-refractivity contribution in [2.24, 2.45) is 5.92 Å². The summed E-state index contributed by atoms with van der Waals surface area (Å²) in [5.41, 5.74) is 0.958. The van der Waals surface area contributed by atoms with E-state index < -0.39 is 11.9 Å². The van der Waals surface area contributed by atoms with Crippen molar-refractivity contribution in [3.63, 3.8) is 0 Å². The number of pyridine rings is 1. The lowest BCUT2D eigenvalue weighted by molar-refractivity contribution is -0.140. The normalized spacial score (nSPS) is 16.6. The van der Waals surface area contributed by atoms with Crippen molar-refractivity contribution in [1.82, 2.24) is 4.98 Å². The summed E-state index contributed by atoms with van der Waals surface area (Å²) in [7, 11) is 0. The standard InChI is InChI=1S/C16H25N3O3/c1-12(2)19(11-13(3)16(20)21)14-4-5-15(17-10-14)18-6-8-22-9-7-18/h4-5,10,12-13H,6-9,11H2,1-3H3,(H,20,21). The lowest BCUT2D eigenvalue weighted by Crippen LogP contribution is -2.38. The number of aliphatic carboxylic acids is 1. The zero-order valence-corrected chi connectivity index (χ0v) is 13.5. The van der Waals surface area contributed by atoms with Crippen LogP contribution in [-0.2, 0) is 9.53 Å². The molecular formula is C16H25N3O3. The summed E-state index contributed by atoms with van der Waals surface area (Å²) in [5, 5.41) is 9.11. The Morgan fingerprint density at radius 2 is 2.05 bits per heavy atom. The van der Waals surface area contributed by atoms with Crippen LogP contribution in [0.4, 0.5) is 11.5 Å². The Hall–Kier alpha value is -1.82. The lowest BCUT2D eigenvalue weighted by atomic mass is 10.1. The van der Waals surface area contributed by atoms with Crippen LogP contribution < -0.4 is 9.80 Å². The van der Waals surface area contributed by atoms with E-state index in [1.807, 2.05) is 18.3 Å². The van der Waals surface area contributed by atoms with E-state index in [1.165, 1.54) is 0 Å². The van der Waals surface area contributed by atoms with Crippen LogP contribution in [-0.4, -0.2) is 54.9 Å². The van der Waals surface area contributed by atoms with Gasteiger partial charge in [-0.2, -0.15) is 0 Å². The summed E-state index contributed by atoms with van der Waals surface area (Å²) in [6.07, 6.45) is 1.83. The van der Waals surface area contributed by atoms with Crippen molar-refractivity contribution in [2.45, 2.75) is 26.8 Å². The molecular weight excluding hydrogens is 282 g/mol. The van der Waals surface area contributed by atoms with Crippen LogP contribution in [0.1, 0.15) is 20.8 Å². The van der Waals surface area contributed by atoms with Gasteiger partial charge in [0.1, 0.15) is 5.82 Å². The highest BCUT2D eigenvalue weighted by Gasteiger charge is 2.19. The molecule has 1 aromatic heterocycles. The number of hydrogen-bond acceptors (Lipinski definition) is 5. The van der Waals surface area contributed by atoms with E-state index in [2.05, 4.69) is 28.6 Å². The van der Waals surface area contributed by atoms with Gasteiger partial charge in [0, 0.05) is 25.7 Å². The number of morpholine rings is 1. The van der Waals surface area contributed by atoms with Gasteiger partial charge in [-0.1, -0.05) is 6.92 Å². The molecule has 2 rings (SSSR count). The summed E-state index contributed by atoms with van der Waals surface area (Å²) < 4.78 is 5.35. The van der Waals surface area contributed by atoms with Crippen LogP contribution in [0.5, 0.6) is 0 Å². The molecule has 1 unspecified atom stereocenters. The zero-order valence-electron chi connectivity index (χ0n) is 13.5. The van der Waals surface area contributed by atoms with Crippen molar-refractivity contribution >= 4 is 17.5 Å². The highest BCUT2D eigenvalue weighted by Crippen LogP contribution is 2.21. The minimum atomic E-state index is -0.774. The molecule has 122 valence electrons. The maximum absolute atomic E-state index is 11.1. The summed E-state index contributed by atoms with van der Waals surface area (Å²) in [5.74, 6) is -0.244. The number of carboxylic acids is 1. The number of hydrogen-bond donors (Lipinski definition) is 1. The Bertz CT molecular complexity index is 484. The van der Waals surface area contributed by atoms with Crippen molar-refractivity contribution in [1.29, 1.82) is 0 Å². The van der Waals surface area contributed by atoms with Crippen LogP contribution in [0.25, 0.3) is 0 Å². The Labute approximate surface area is 131 Å². The third-order valence-corrected chi connectivity index (χ3v) is 3.91. The minimum absolute atomic E-state index is 0.220. The number of anilines is 2. The quantitative estimate of drug-likeness (QED) is 0.865. The molecule has 1 fully saturated rings. The van der Waals surface area contributed by atoms with Crippen molar-refractivity contribution in [3.8, 4) is 0 Å². The van der Waals surface area contributed by atoms with Crippen molar-refractivity contribution in [3.05, 3.63) is 18.3 Å². The van der Waals surface area contributed by atoms with Crippen molar-refractivity contribution < 1.29 is 14.6 Å². The van der Waals surface area contributed by atoms with E-state index >= 15 is 0 Å². The van der Waals surface area contributed by atoms with Crippen LogP contribution in [0.3, 0.4) is 0 Å². The number of carboxylic acid groups (broad SMARTS) is 1. The lowest BCUT2D eigenvalue weighted by Gasteiger charge is -2.31. The topological polar surface area (TPSA) is 65.9 Å². The fourth-order valence-corrected chi connectivity index (χ4v) is 2.52. The third kappa shape index (κ3) is 4.10. The van der Waals surface area contributed by atoms with Gasteiger partial charge in [-0.3, -0.25) is 4.79 Å². The first kappa shape index (κ1) is 16.5. The summed E-state index contributed by atoms with van der Waals surface area (Å²) >= 11 is 0. The van der Waals surface area contributed by atoms with Gasteiger partial charge in [0.2, 0.25) is 0 Å².